The van der Waals surface area contributed by atoms with Crippen LogP contribution in [0.5, 0.6) is 0 Å². The van der Waals surface area contributed by atoms with E-state index in [0.29, 0.717) is 12.5 Å². The van der Waals surface area contributed by atoms with E-state index >= 15 is 0 Å². The van der Waals surface area contributed by atoms with E-state index in [4.69, 9.17) is 14.2 Å². The molecule has 1 unspecified atom stereocenters. The Balaban J connectivity index is 1.42. The number of nitrogens with zero attached hydrogens (tertiary/aromatic N) is 2. The average molecular weight is 326 g/mol. The van der Waals surface area contributed by atoms with Crippen molar-refractivity contribution in [1.29, 1.82) is 0 Å². The van der Waals surface area contributed by atoms with Gasteiger partial charge in [-0.25, -0.2) is 4.79 Å². The molecule has 6 nitrogen and oxygen atoms in total. The molecule has 0 aliphatic carbocycles. The first-order valence-electron chi connectivity index (χ1n) is 8.87. The van der Waals surface area contributed by atoms with Gasteiger partial charge in [0.15, 0.2) is 0 Å². The van der Waals surface area contributed by atoms with Crippen LogP contribution in [0.1, 0.15) is 32.1 Å². The zero-order valence-electron chi connectivity index (χ0n) is 14.5. The van der Waals surface area contributed by atoms with Gasteiger partial charge in [0.2, 0.25) is 0 Å². The molecule has 3 saturated heterocycles. The first-order valence-corrected chi connectivity index (χ1v) is 8.87. The Bertz CT molecular complexity index is 401. The predicted octanol–water partition coefficient (Wildman–Crippen LogP) is 1.73. The second-order valence-corrected chi connectivity index (χ2v) is 7.37. The highest BCUT2D eigenvalue weighted by molar-refractivity contribution is 5.73. The predicted molar refractivity (Wildman–Crippen MR) is 86.5 cm³/mol. The van der Waals surface area contributed by atoms with Crippen LogP contribution in [0.15, 0.2) is 0 Å². The van der Waals surface area contributed by atoms with Gasteiger partial charge in [-0.15, -0.1) is 0 Å². The van der Waals surface area contributed by atoms with Crippen molar-refractivity contribution in [3.8, 4) is 0 Å². The van der Waals surface area contributed by atoms with Crippen LogP contribution in [0.3, 0.4) is 0 Å². The molecule has 23 heavy (non-hydrogen) atoms. The molecule has 0 aromatic carbocycles. The molecule has 1 atom stereocenters. The largest absolute Gasteiger partial charge is 0.381 e. The van der Waals surface area contributed by atoms with Crippen molar-refractivity contribution in [3.63, 3.8) is 0 Å². The zero-order chi connectivity index (χ0) is 16.3. The van der Waals surface area contributed by atoms with E-state index in [2.05, 4.69) is 0 Å². The molecule has 3 aliphatic heterocycles. The summed E-state index contributed by atoms with van der Waals surface area (Å²) < 4.78 is 17.6. The van der Waals surface area contributed by atoms with Crippen molar-refractivity contribution in [2.45, 2.75) is 43.8 Å². The van der Waals surface area contributed by atoms with Crippen LogP contribution in [0.25, 0.3) is 0 Å². The standard InChI is InChI=1S/C17H30N2O4/c1-18(2)16(20)19-7-5-17(6-8-19)11-15(13-23-17)22-12-14-3-9-21-10-4-14/h14-15H,3-13H2,1-2H3. The second kappa shape index (κ2) is 7.36. The third-order valence-corrected chi connectivity index (χ3v) is 5.41. The van der Waals surface area contributed by atoms with Crippen LogP contribution in [-0.2, 0) is 14.2 Å². The molecule has 2 amide bonds. The molecule has 0 N–H and O–H groups in total. The topological polar surface area (TPSA) is 51.2 Å². The lowest BCUT2D eigenvalue weighted by molar-refractivity contribution is -0.0419. The third kappa shape index (κ3) is 4.17. The van der Waals surface area contributed by atoms with Crippen molar-refractivity contribution in [2.75, 3.05) is 53.6 Å². The van der Waals surface area contributed by atoms with Crippen LogP contribution in [0.4, 0.5) is 4.79 Å². The molecule has 3 aliphatic rings. The zero-order valence-corrected chi connectivity index (χ0v) is 14.5. The van der Waals surface area contributed by atoms with E-state index < -0.39 is 0 Å². The van der Waals surface area contributed by atoms with E-state index in [1.807, 2.05) is 4.90 Å². The summed E-state index contributed by atoms with van der Waals surface area (Å²) in [6, 6.07) is 0.102. The number of carbonyl (C=O) groups is 1. The van der Waals surface area contributed by atoms with Gasteiger partial charge in [0.1, 0.15) is 0 Å². The number of rotatable bonds is 3. The highest BCUT2D eigenvalue weighted by Crippen LogP contribution is 2.37. The Kier molecular flexibility index (Phi) is 5.44. The molecule has 0 radical (unpaired) electrons. The minimum Gasteiger partial charge on any atom is -0.381 e. The van der Waals surface area contributed by atoms with Gasteiger partial charge in [-0.1, -0.05) is 0 Å². The van der Waals surface area contributed by atoms with Crippen LogP contribution in [0.2, 0.25) is 0 Å². The van der Waals surface area contributed by atoms with Gasteiger partial charge in [-0.05, 0) is 31.6 Å². The smallest absolute Gasteiger partial charge is 0.319 e. The molecular formula is C17H30N2O4. The molecule has 0 saturated carbocycles. The Hall–Kier alpha value is -0.850. The third-order valence-electron chi connectivity index (χ3n) is 5.41. The van der Waals surface area contributed by atoms with Crippen molar-refractivity contribution in [1.82, 2.24) is 9.80 Å². The van der Waals surface area contributed by atoms with Gasteiger partial charge < -0.3 is 24.0 Å². The first-order chi connectivity index (χ1) is 11.1. The molecule has 1 spiro atoms. The van der Waals surface area contributed by atoms with Crippen molar-refractivity contribution in [2.24, 2.45) is 5.92 Å². The molecule has 0 aromatic rings. The molecule has 6 heteroatoms. The van der Waals surface area contributed by atoms with E-state index in [-0.39, 0.29) is 17.7 Å². The number of carbonyl (C=O) groups excluding carboxylic acids is 1. The monoisotopic (exact) mass is 326 g/mol. The molecule has 132 valence electrons. The molecule has 3 fully saturated rings. The van der Waals surface area contributed by atoms with Crippen LogP contribution >= 0.6 is 0 Å². The Morgan fingerprint density at radius 2 is 1.96 bits per heavy atom. The summed E-state index contributed by atoms with van der Waals surface area (Å²) in [7, 11) is 3.61. The van der Waals surface area contributed by atoms with Crippen LogP contribution in [-0.4, -0.2) is 81.1 Å². The number of likely N-dealkylation sites (tertiary alicyclic amines) is 1. The minimum absolute atomic E-state index is 0.0660. The van der Waals surface area contributed by atoms with Gasteiger partial charge >= 0.3 is 6.03 Å². The number of piperidine rings is 1. The van der Waals surface area contributed by atoms with Gasteiger partial charge in [0, 0.05) is 46.8 Å². The summed E-state index contributed by atoms with van der Waals surface area (Å²) in [5.41, 5.74) is -0.0660. The summed E-state index contributed by atoms with van der Waals surface area (Å²) in [4.78, 5) is 15.6. The summed E-state index contributed by atoms with van der Waals surface area (Å²) in [6.07, 6.45) is 5.25. The Morgan fingerprint density at radius 1 is 1.26 bits per heavy atom. The van der Waals surface area contributed by atoms with Gasteiger partial charge in [-0.2, -0.15) is 0 Å². The average Bonchev–Trinajstić information content (AvgIpc) is 2.97. The number of urea groups is 1. The Morgan fingerprint density at radius 3 is 2.61 bits per heavy atom. The molecule has 0 aromatic heterocycles. The SMILES string of the molecule is CN(C)C(=O)N1CCC2(CC1)CC(OCC1CCOCC1)CO2. The molecule has 3 heterocycles. The Labute approximate surface area is 139 Å². The van der Waals surface area contributed by atoms with Crippen LogP contribution < -0.4 is 0 Å². The fourth-order valence-corrected chi connectivity index (χ4v) is 3.83. The van der Waals surface area contributed by atoms with Crippen LogP contribution in [0, 0.1) is 5.92 Å². The maximum atomic E-state index is 12.0. The molecular weight excluding hydrogens is 296 g/mol. The van der Waals surface area contributed by atoms with Gasteiger partial charge in [0.05, 0.1) is 24.9 Å². The van der Waals surface area contributed by atoms with Gasteiger partial charge in [0.25, 0.3) is 0 Å². The highest BCUT2D eigenvalue weighted by atomic mass is 16.6. The fourth-order valence-electron chi connectivity index (χ4n) is 3.83. The normalized spacial score (nSPS) is 28.3. The second-order valence-electron chi connectivity index (χ2n) is 7.37. The van der Waals surface area contributed by atoms with Gasteiger partial charge in [-0.3, -0.25) is 0 Å². The number of hydrogen-bond donors (Lipinski definition) is 0. The van der Waals surface area contributed by atoms with Crippen molar-refractivity contribution in [3.05, 3.63) is 0 Å². The van der Waals surface area contributed by atoms with E-state index in [9.17, 15) is 4.79 Å². The molecule has 0 bridgehead atoms. The maximum Gasteiger partial charge on any atom is 0.319 e. The number of amides is 2. The number of ether oxygens (including phenoxy) is 3. The maximum absolute atomic E-state index is 12.0. The fraction of sp³-hybridized carbons (Fsp3) is 0.941. The van der Waals surface area contributed by atoms with E-state index in [1.165, 1.54) is 0 Å². The lowest BCUT2D eigenvalue weighted by Crippen LogP contribution is -2.49. The van der Waals surface area contributed by atoms with E-state index in [0.717, 1.165) is 65.0 Å². The number of hydrogen-bond acceptors (Lipinski definition) is 4. The summed E-state index contributed by atoms with van der Waals surface area (Å²) in [5.74, 6) is 0.639. The van der Waals surface area contributed by atoms with Crippen molar-refractivity contribution < 1.29 is 19.0 Å². The lowest BCUT2D eigenvalue weighted by atomic mass is 9.88. The first kappa shape index (κ1) is 17.0. The minimum atomic E-state index is -0.0660. The van der Waals surface area contributed by atoms with Crippen molar-refractivity contribution >= 4 is 6.03 Å². The lowest BCUT2D eigenvalue weighted by Gasteiger charge is -2.39. The summed E-state index contributed by atoms with van der Waals surface area (Å²) in [6.45, 7) is 4.83. The highest BCUT2D eigenvalue weighted by Gasteiger charge is 2.44. The van der Waals surface area contributed by atoms with E-state index in [1.54, 1.807) is 19.0 Å². The quantitative estimate of drug-likeness (QED) is 0.793. The summed E-state index contributed by atoms with van der Waals surface area (Å²) >= 11 is 0. The summed E-state index contributed by atoms with van der Waals surface area (Å²) in [5, 5.41) is 0. The molecule has 3 rings (SSSR count).